The van der Waals surface area contributed by atoms with Crippen LogP contribution in [0.15, 0.2) is 48.5 Å². The second-order valence-electron chi connectivity index (χ2n) is 6.60. The smallest absolute Gasteiger partial charge is 0.335 e. The van der Waals surface area contributed by atoms with Gasteiger partial charge in [0.1, 0.15) is 0 Å². The summed E-state index contributed by atoms with van der Waals surface area (Å²) < 4.78 is 0. The van der Waals surface area contributed by atoms with Gasteiger partial charge < -0.3 is 15.3 Å². The first kappa shape index (κ1) is 21.2. The summed E-state index contributed by atoms with van der Waals surface area (Å²) in [6.07, 6.45) is 1.88. The van der Waals surface area contributed by atoms with Gasteiger partial charge in [-0.3, -0.25) is 9.59 Å². The molecule has 0 fully saturated rings. The number of amides is 2. The molecule has 0 saturated carbocycles. The van der Waals surface area contributed by atoms with Crippen molar-refractivity contribution < 1.29 is 19.5 Å². The van der Waals surface area contributed by atoms with Crippen LogP contribution in [0.2, 0.25) is 0 Å². The summed E-state index contributed by atoms with van der Waals surface area (Å²) in [7, 11) is 0. The zero-order chi connectivity index (χ0) is 20.5. The van der Waals surface area contributed by atoms with E-state index in [0.717, 1.165) is 25.9 Å². The Morgan fingerprint density at radius 2 is 1.57 bits per heavy atom. The number of hydrogen-bond donors (Lipinski definition) is 2. The van der Waals surface area contributed by atoms with Gasteiger partial charge in [-0.2, -0.15) is 0 Å². The summed E-state index contributed by atoms with van der Waals surface area (Å²) >= 11 is 0. The number of rotatable bonds is 9. The van der Waals surface area contributed by atoms with Crippen LogP contribution in [0.5, 0.6) is 0 Å². The first-order chi connectivity index (χ1) is 13.4. The van der Waals surface area contributed by atoms with Crippen molar-refractivity contribution in [2.45, 2.75) is 33.1 Å². The molecular formula is C22H26N2O4. The lowest BCUT2D eigenvalue weighted by atomic mass is 10.1. The summed E-state index contributed by atoms with van der Waals surface area (Å²) in [4.78, 5) is 37.7. The van der Waals surface area contributed by atoms with Gasteiger partial charge in [-0.1, -0.05) is 26.0 Å². The molecule has 0 unspecified atom stereocenters. The third kappa shape index (κ3) is 5.94. The van der Waals surface area contributed by atoms with E-state index in [-0.39, 0.29) is 23.8 Å². The molecule has 0 spiro atoms. The molecule has 0 bridgehead atoms. The summed E-state index contributed by atoms with van der Waals surface area (Å²) in [6.45, 7) is 5.53. The number of carbonyl (C=O) groups excluding carboxylic acids is 2. The number of anilines is 1. The summed E-state index contributed by atoms with van der Waals surface area (Å²) in [5.74, 6) is -1.28. The maximum absolute atomic E-state index is 12.6. The fourth-order valence-electron chi connectivity index (χ4n) is 2.94. The molecule has 0 aliphatic rings. The number of aromatic carboxylic acids is 1. The molecule has 2 aromatic carbocycles. The fourth-order valence-corrected chi connectivity index (χ4v) is 2.94. The van der Waals surface area contributed by atoms with Crippen LogP contribution in [0.1, 0.15) is 53.0 Å². The number of carbonyl (C=O) groups is 3. The van der Waals surface area contributed by atoms with Crippen molar-refractivity contribution in [3.8, 4) is 0 Å². The Morgan fingerprint density at radius 1 is 0.929 bits per heavy atom. The first-order valence-electron chi connectivity index (χ1n) is 9.46. The Labute approximate surface area is 165 Å². The van der Waals surface area contributed by atoms with Gasteiger partial charge in [0.05, 0.1) is 12.0 Å². The van der Waals surface area contributed by atoms with Crippen molar-refractivity contribution in [1.29, 1.82) is 0 Å². The molecule has 0 atom stereocenters. The predicted molar refractivity (Wildman–Crippen MR) is 109 cm³/mol. The number of nitrogens with zero attached hydrogens (tertiary/aromatic N) is 1. The Morgan fingerprint density at radius 3 is 2.14 bits per heavy atom. The van der Waals surface area contributed by atoms with Gasteiger partial charge in [-0.15, -0.1) is 0 Å². The van der Waals surface area contributed by atoms with Crippen LogP contribution in [0.25, 0.3) is 0 Å². The maximum Gasteiger partial charge on any atom is 0.335 e. The number of carboxylic acids is 1. The Kier molecular flexibility index (Phi) is 7.75. The molecule has 6 heteroatoms. The molecule has 0 heterocycles. The first-order valence-corrected chi connectivity index (χ1v) is 9.46. The van der Waals surface area contributed by atoms with E-state index in [1.807, 2.05) is 18.7 Å². The highest BCUT2D eigenvalue weighted by Gasteiger charge is 2.14. The van der Waals surface area contributed by atoms with Crippen molar-refractivity contribution in [1.82, 2.24) is 4.90 Å². The Hall–Kier alpha value is -3.15. The highest BCUT2D eigenvalue weighted by molar-refractivity contribution is 5.96. The van der Waals surface area contributed by atoms with Crippen molar-refractivity contribution in [2.75, 3.05) is 18.4 Å². The van der Waals surface area contributed by atoms with E-state index in [9.17, 15) is 14.4 Å². The van der Waals surface area contributed by atoms with E-state index in [0.29, 0.717) is 16.8 Å². The topological polar surface area (TPSA) is 86.7 Å². The van der Waals surface area contributed by atoms with Gasteiger partial charge in [0.25, 0.3) is 5.91 Å². The summed E-state index contributed by atoms with van der Waals surface area (Å²) in [5, 5.41) is 11.8. The molecule has 0 aliphatic carbocycles. The molecular weight excluding hydrogens is 356 g/mol. The van der Waals surface area contributed by atoms with E-state index < -0.39 is 5.97 Å². The fraction of sp³-hybridized carbons (Fsp3) is 0.318. The lowest BCUT2D eigenvalue weighted by Crippen LogP contribution is -2.32. The number of nitrogens with one attached hydrogen (secondary N) is 1. The molecule has 0 aliphatic heterocycles. The molecule has 2 aromatic rings. The van der Waals surface area contributed by atoms with Crippen LogP contribution in [0.3, 0.4) is 0 Å². The Balaban J connectivity index is 1.99. The molecule has 28 heavy (non-hydrogen) atoms. The van der Waals surface area contributed by atoms with E-state index in [1.165, 1.54) is 12.1 Å². The van der Waals surface area contributed by atoms with Crippen molar-refractivity contribution >= 4 is 23.5 Å². The normalized spacial score (nSPS) is 10.4. The summed E-state index contributed by atoms with van der Waals surface area (Å²) in [6, 6.07) is 13.1. The number of carboxylic acid groups (broad SMARTS) is 1. The van der Waals surface area contributed by atoms with Gasteiger partial charge in [-0.25, -0.2) is 4.79 Å². The third-order valence-electron chi connectivity index (χ3n) is 4.23. The maximum atomic E-state index is 12.6. The van der Waals surface area contributed by atoms with Crippen LogP contribution < -0.4 is 5.32 Å². The zero-order valence-corrected chi connectivity index (χ0v) is 16.3. The average Bonchev–Trinajstić information content (AvgIpc) is 2.68. The molecule has 6 nitrogen and oxygen atoms in total. The lowest BCUT2D eigenvalue weighted by molar-refractivity contribution is -0.115. The van der Waals surface area contributed by atoms with Gasteiger partial charge >= 0.3 is 5.97 Å². The van der Waals surface area contributed by atoms with Gasteiger partial charge in [0, 0.05) is 24.3 Å². The molecule has 148 valence electrons. The van der Waals surface area contributed by atoms with Gasteiger partial charge in [0.15, 0.2) is 0 Å². The monoisotopic (exact) mass is 382 g/mol. The Bertz CT molecular complexity index is 825. The highest BCUT2D eigenvalue weighted by atomic mass is 16.4. The van der Waals surface area contributed by atoms with Crippen molar-refractivity contribution in [3.63, 3.8) is 0 Å². The van der Waals surface area contributed by atoms with Crippen LogP contribution in [0.4, 0.5) is 5.69 Å². The predicted octanol–water partition coefficient (Wildman–Crippen LogP) is 3.83. The van der Waals surface area contributed by atoms with Gasteiger partial charge in [0.2, 0.25) is 5.91 Å². The van der Waals surface area contributed by atoms with E-state index >= 15 is 0 Å². The molecule has 2 rings (SSSR count). The SMILES string of the molecule is CCCN(CCC)C(=O)c1ccc(NC(=O)Cc2cccc(C(=O)O)c2)cc1. The zero-order valence-electron chi connectivity index (χ0n) is 16.3. The standard InChI is InChI=1S/C22H26N2O4/c1-3-12-24(13-4-2)21(26)17-8-10-19(11-9-17)23-20(25)15-16-6-5-7-18(14-16)22(27)28/h5-11,14H,3-4,12-13,15H2,1-2H3,(H,23,25)(H,27,28). The van der Waals surface area contributed by atoms with Crippen molar-refractivity contribution in [3.05, 3.63) is 65.2 Å². The van der Waals surface area contributed by atoms with Gasteiger partial charge in [-0.05, 0) is 54.8 Å². The van der Waals surface area contributed by atoms with Crippen LogP contribution >= 0.6 is 0 Å². The number of hydrogen-bond acceptors (Lipinski definition) is 3. The largest absolute Gasteiger partial charge is 0.478 e. The molecule has 2 amide bonds. The molecule has 0 saturated heterocycles. The summed E-state index contributed by atoms with van der Waals surface area (Å²) in [5.41, 5.74) is 1.96. The number of benzene rings is 2. The molecule has 0 aromatic heterocycles. The highest BCUT2D eigenvalue weighted by Crippen LogP contribution is 2.14. The minimum absolute atomic E-state index is 0.00735. The second kappa shape index (κ2) is 10.3. The molecule has 2 N–H and O–H groups in total. The lowest BCUT2D eigenvalue weighted by Gasteiger charge is -2.21. The van der Waals surface area contributed by atoms with E-state index in [2.05, 4.69) is 5.32 Å². The third-order valence-corrected chi connectivity index (χ3v) is 4.23. The van der Waals surface area contributed by atoms with E-state index in [4.69, 9.17) is 5.11 Å². The quantitative estimate of drug-likeness (QED) is 0.690. The minimum atomic E-state index is -1.03. The average molecular weight is 382 g/mol. The van der Waals surface area contributed by atoms with Crippen molar-refractivity contribution in [2.24, 2.45) is 0 Å². The molecule has 0 radical (unpaired) electrons. The minimum Gasteiger partial charge on any atom is -0.478 e. The van der Waals surface area contributed by atoms with Crippen LogP contribution in [0, 0.1) is 0 Å². The second-order valence-corrected chi connectivity index (χ2v) is 6.60. The van der Waals surface area contributed by atoms with E-state index in [1.54, 1.807) is 36.4 Å². The van der Waals surface area contributed by atoms with Crippen LogP contribution in [-0.2, 0) is 11.2 Å². The van der Waals surface area contributed by atoms with Crippen LogP contribution in [-0.4, -0.2) is 40.9 Å².